The SMILES string of the molecule is CCn1c(-c2occc2C)n[nH]c1=S. The highest BCUT2D eigenvalue weighted by molar-refractivity contribution is 7.71. The van der Waals surface area contributed by atoms with Crippen LogP contribution < -0.4 is 0 Å². The average Bonchev–Trinajstić information content (AvgIpc) is 2.71. The minimum atomic E-state index is 0.623. The molecule has 0 bridgehead atoms. The van der Waals surface area contributed by atoms with Gasteiger partial charge in [-0.15, -0.1) is 0 Å². The molecular formula is C9H11N3OS. The van der Waals surface area contributed by atoms with Crippen molar-refractivity contribution < 1.29 is 4.42 Å². The molecule has 0 aliphatic carbocycles. The second kappa shape index (κ2) is 3.42. The van der Waals surface area contributed by atoms with E-state index in [1.165, 1.54) is 0 Å². The lowest BCUT2D eigenvalue weighted by Gasteiger charge is -2.00. The monoisotopic (exact) mass is 209 g/mol. The molecule has 2 rings (SSSR count). The third kappa shape index (κ3) is 1.29. The number of nitrogens with one attached hydrogen (secondary N) is 1. The summed E-state index contributed by atoms with van der Waals surface area (Å²) in [5.41, 5.74) is 1.06. The number of nitrogens with zero attached hydrogens (tertiary/aromatic N) is 2. The smallest absolute Gasteiger partial charge is 0.198 e. The second-order valence-corrected chi connectivity index (χ2v) is 3.42. The first-order chi connectivity index (χ1) is 6.74. The Hall–Kier alpha value is -1.36. The molecule has 0 saturated heterocycles. The molecule has 0 fully saturated rings. The molecule has 0 aliphatic heterocycles. The predicted molar refractivity (Wildman–Crippen MR) is 55.5 cm³/mol. The van der Waals surface area contributed by atoms with E-state index in [2.05, 4.69) is 10.2 Å². The average molecular weight is 209 g/mol. The normalized spacial score (nSPS) is 10.7. The highest BCUT2D eigenvalue weighted by Crippen LogP contribution is 2.22. The van der Waals surface area contributed by atoms with Gasteiger partial charge >= 0.3 is 0 Å². The number of rotatable bonds is 2. The number of H-pyrrole nitrogens is 1. The predicted octanol–water partition coefficient (Wildman–Crippen LogP) is 2.53. The zero-order chi connectivity index (χ0) is 10.1. The van der Waals surface area contributed by atoms with Crippen molar-refractivity contribution in [1.82, 2.24) is 14.8 Å². The Labute approximate surface area is 86.6 Å². The van der Waals surface area contributed by atoms with Crippen molar-refractivity contribution >= 4 is 12.2 Å². The Balaban J connectivity index is 2.63. The van der Waals surface area contributed by atoms with E-state index in [0.717, 1.165) is 23.7 Å². The van der Waals surface area contributed by atoms with Crippen LogP contribution in [0, 0.1) is 11.7 Å². The summed E-state index contributed by atoms with van der Waals surface area (Å²) in [6, 6.07) is 1.91. The molecule has 2 aromatic heterocycles. The van der Waals surface area contributed by atoms with Crippen molar-refractivity contribution in [2.75, 3.05) is 0 Å². The van der Waals surface area contributed by atoms with E-state index in [1.807, 2.05) is 24.5 Å². The van der Waals surface area contributed by atoms with Crippen LogP contribution in [0.15, 0.2) is 16.7 Å². The van der Waals surface area contributed by atoms with Crippen LogP contribution in [-0.4, -0.2) is 14.8 Å². The zero-order valence-electron chi connectivity index (χ0n) is 8.07. The van der Waals surface area contributed by atoms with Gasteiger partial charge in [0.05, 0.1) is 6.26 Å². The van der Waals surface area contributed by atoms with Gasteiger partial charge in [0.1, 0.15) is 0 Å². The van der Waals surface area contributed by atoms with Crippen molar-refractivity contribution in [3.05, 3.63) is 22.7 Å². The topological polar surface area (TPSA) is 46.8 Å². The third-order valence-corrected chi connectivity index (χ3v) is 2.45. The Morgan fingerprint density at radius 3 is 3.00 bits per heavy atom. The Morgan fingerprint density at radius 1 is 1.64 bits per heavy atom. The lowest BCUT2D eigenvalue weighted by molar-refractivity contribution is 0.568. The molecule has 1 N–H and O–H groups in total. The quantitative estimate of drug-likeness (QED) is 0.773. The van der Waals surface area contributed by atoms with E-state index in [1.54, 1.807) is 6.26 Å². The molecule has 2 heterocycles. The Bertz CT molecular complexity index is 494. The zero-order valence-corrected chi connectivity index (χ0v) is 8.89. The lowest BCUT2D eigenvalue weighted by atomic mass is 10.3. The number of hydrogen-bond donors (Lipinski definition) is 1. The summed E-state index contributed by atoms with van der Waals surface area (Å²) in [4.78, 5) is 0. The molecule has 0 atom stereocenters. The largest absolute Gasteiger partial charge is 0.461 e. The van der Waals surface area contributed by atoms with Crippen LogP contribution in [0.25, 0.3) is 11.6 Å². The summed E-state index contributed by atoms with van der Waals surface area (Å²) in [7, 11) is 0. The standard InChI is InChI=1S/C9H11N3OS/c1-3-12-8(10-11-9(12)14)7-6(2)4-5-13-7/h4-5H,3H2,1-2H3,(H,11,14). The molecule has 2 aromatic rings. The van der Waals surface area contributed by atoms with Crippen molar-refractivity contribution in [3.63, 3.8) is 0 Å². The van der Waals surface area contributed by atoms with Crippen molar-refractivity contribution in [2.45, 2.75) is 20.4 Å². The van der Waals surface area contributed by atoms with E-state index in [0.29, 0.717) is 4.77 Å². The van der Waals surface area contributed by atoms with Gasteiger partial charge in [0.25, 0.3) is 0 Å². The lowest BCUT2D eigenvalue weighted by Crippen LogP contribution is -1.97. The van der Waals surface area contributed by atoms with Gasteiger partial charge in [-0.25, -0.2) is 0 Å². The molecule has 0 radical (unpaired) electrons. The Kier molecular flexibility index (Phi) is 2.25. The van der Waals surface area contributed by atoms with Crippen molar-refractivity contribution in [2.24, 2.45) is 0 Å². The second-order valence-electron chi connectivity index (χ2n) is 3.03. The van der Waals surface area contributed by atoms with Crippen LogP contribution in [0.4, 0.5) is 0 Å². The van der Waals surface area contributed by atoms with Gasteiger partial charge in [0.15, 0.2) is 16.4 Å². The van der Waals surface area contributed by atoms with E-state index >= 15 is 0 Å². The van der Waals surface area contributed by atoms with Crippen molar-refractivity contribution in [3.8, 4) is 11.6 Å². The summed E-state index contributed by atoms with van der Waals surface area (Å²) in [6.07, 6.45) is 1.66. The summed E-state index contributed by atoms with van der Waals surface area (Å²) >= 11 is 5.09. The van der Waals surface area contributed by atoms with Crippen molar-refractivity contribution in [1.29, 1.82) is 0 Å². The molecule has 0 saturated carbocycles. The van der Waals surface area contributed by atoms with Crippen LogP contribution in [0.1, 0.15) is 12.5 Å². The number of aryl methyl sites for hydroxylation is 1. The molecule has 4 nitrogen and oxygen atoms in total. The minimum Gasteiger partial charge on any atom is -0.461 e. The number of aromatic amines is 1. The van der Waals surface area contributed by atoms with E-state index in [-0.39, 0.29) is 0 Å². The first-order valence-corrected chi connectivity index (χ1v) is 4.84. The molecule has 14 heavy (non-hydrogen) atoms. The maximum atomic E-state index is 5.36. The van der Waals surface area contributed by atoms with Crippen LogP contribution in [0.5, 0.6) is 0 Å². The molecule has 5 heteroatoms. The van der Waals surface area contributed by atoms with Gasteiger partial charge in [-0.1, -0.05) is 0 Å². The fraction of sp³-hybridized carbons (Fsp3) is 0.333. The highest BCUT2D eigenvalue weighted by atomic mass is 32.1. The molecule has 0 unspecified atom stereocenters. The van der Waals surface area contributed by atoms with Gasteiger partial charge in [-0.3, -0.25) is 9.67 Å². The first-order valence-electron chi connectivity index (χ1n) is 4.43. The maximum Gasteiger partial charge on any atom is 0.198 e. The van der Waals surface area contributed by atoms with E-state index < -0.39 is 0 Å². The van der Waals surface area contributed by atoms with E-state index in [9.17, 15) is 0 Å². The first kappa shape index (κ1) is 9.21. The summed E-state index contributed by atoms with van der Waals surface area (Å²) < 4.78 is 7.88. The summed E-state index contributed by atoms with van der Waals surface area (Å²) in [5, 5.41) is 6.90. The number of aromatic nitrogens is 3. The summed E-state index contributed by atoms with van der Waals surface area (Å²) in [5.74, 6) is 1.54. The molecule has 0 spiro atoms. The fourth-order valence-electron chi connectivity index (χ4n) is 1.39. The van der Waals surface area contributed by atoms with Gasteiger partial charge in [-0.2, -0.15) is 5.10 Å². The fourth-order valence-corrected chi connectivity index (χ4v) is 1.65. The minimum absolute atomic E-state index is 0.623. The maximum absolute atomic E-state index is 5.36. The van der Waals surface area contributed by atoms with Crippen LogP contribution in [0.2, 0.25) is 0 Å². The molecule has 0 amide bonds. The third-order valence-electron chi connectivity index (χ3n) is 2.14. The highest BCUT2D eigenvalue weighted by Gasteiger charge is 2.12. The number of furan rings is 1. The Morgan fingerprint density at radius 2 is 2.43 bits per heavy atom. The van der Waals surface area contributed by atoms with Crippen LogP contribution in [0.3, 0.4) is 0 Å². The van der Waals surface area contributed by atoms with Gasteiger partial charge < -0.3 is 4.42 Å². The van der Waals surface area contributed by atoms with Gasteiger partial charge in [-0.05, 0) is 37.7 Å². The van der Waals surface area contributed by atoms with Gasteiger partial charge in [0, 0.05) is 6.54 Å². The van der Waals surface area contributed by atoms with E-state index in [4.69, 9.17) is 16.6 Å². The molecule has 0 aliphatic rings. The summed E-state index contributed by atoms with van der Waals surface area (Å²) in [6.45, 7) is 4.79. The molecular weight excluding hydrogens is 198 g/mol. The number of hydrogen-bond acceptors (Lipinski definition) is 3. The van der Waals surface area contributed by atoms with Crippen LogP contribution in [-0.2, 0) is 6.54 Å². The molecule has 0 aromatic carbocycles. The molecule has 74 valence electrons. The van der Waals surface area contributed by atoms with Gasteiger partial charge in [0.2, 0.25) is 0 Å². The van der Waals surface area contributed by atoms with Crippen LogP contribution >= 0.6 is 12.2 Å².